The number of nitrogens with zero attached hydrogens (tertiary/aromatic N) is 1. The number of hydrogen-bond acceptors (Lipinski definition) is 3. The van der Waals surface area contributed by atoms with E-state index >= 15 is 0 Å². The number of thioether (sulfide) groups is 1. The Hall–Kier alpha value is -1.43. The minimum absolute atomic E-state index is 0.0784. The first-order chi connectivity index (χ1) is 10.4. The number of rotatable bonds is 3. The first-order valence-corrected chi connectivity index (χ1v) is 8.77. The Bertz CT molecular complexity index is 598. The normalized spacial score (nSPS) is 18.6. The molecule has 1 aromatic heterocycles. The van der Waals surface area contributed by atoms with Crippen molar-refractivity contribution in [2.24, 2.45) is 5.92 Å². The molecule has 0 bridgehead atoms. The van der Waals surface area contributed by atoms with Gasteiger partial charge in [0.05, 0.1) is 6.54 Å². The lowest BCUT2D eigenvalue weighted by Gasteiger charge is -2.34. The SMILES string of the molecule is Cc1cc(C)c(CNC(=O)N2CCS[C@@H](C(C)C)C2)c(=O)[nH]1. The molecule has 122 valence electrons. The second-order valence-corrected chi connectivity index (χ2v) is 7.55. The number of aromatic amines is 1. The molecule has 0 saturated carbocycles. The molecule has 22 heavy (non-hydrogen) atoms. The Morgan fingerprint density at radius 2 is 2.23 bits per heavy atom. The fraction of sp³-hybridized carbons (Fsp3) is 0.625. The minimum atomic E-state index is -0.118. The van der Waals surface area contributed by atoms with E-state index in [1.165, 1.54) is 0 Å². The third-order valence-electron chi connectivity index (χ3n) is 4.03. The molecule has 1 atom stereocenters. The molecule has 6 heteroatoms. The molecule has 0 aliphatic carbocycles. The number of amides is 2. The fourth-order valence-electron chi connectivity index (χ4n) is 2.64. The molecule has 2 heterocycles. The molecule has 2 rings (SSSR count). The number of hydrogen-bond donors (Lipinski definition) is 2. The molecule has 1 fully saturated rings. The van der Waals surface area contributed by atoms with Crippen LogP contribution in [0, 0.1) is 19.8 Å². The Balaban J connectivity index is 1.97. The molecule has 1 aromatic rings. The van der Waals surface area contributed by atoms with Crippen LogP contribution in [0.25, 0.3) is 0 Å². The molecular formula is C16H25N3O2S. The van der Waals surface area contributed by atoms with Crippen molar-refractivity contribution in [3.63, 3.8) is 0 Å². The van der Waals surface area contributed by atoms with Crippen LogP contribution in [-0.4, -0.2) is 40.0 Å². The average molecular weight is 323 g/mol. The van der Waals surface area contributed by atoms with E-state index in [1.807, 2.05) is 36.6 Å². The van der Waals surface area contributed by atoms with Crippen LogP contribution in [-0.2, 0) is 6.54 Å². The fourth-order valence-corrected chi connectivity index (χ4v) is 3.94. The van der Waals surface area contributed by atoms with E-state index in [-0.39, 0.29) is 18.1 Å². The Labute approximate surface area is 135 Å². The Morgan fingerprint density at radius 1 is 1.50 bits per heavy atom. The van der Waals surface area contributed by atoms with Crippen molar-refractivity contribution in [2.45, 2.75) is 39.5 Å². The Kier molecular flexibility index (Phi) is 5.56. The molecule has 2 amide bonds. The van der Waals surface area contributed by atoms with Crippen molar-refractivity contribution >= 4 is 17.8 Å². The lowest BCUT2D eigenvalue weighted by molar-refractivity contribution is 0.196. The highest BCUT2D eigenvalue weighted by Gasteiger charge is 2.26. The predicted octanol–water partition coefficient (Wildman–Crippen LogP) is 2.27. The summed E-state index contributed by atoms with van der Waals surface area (Å²) >= 11 is 1.94. The molecule has 0 radical (unpaired) electrons. The van der Waals surface area contributed by atoms with Crippen LogP contribution in [0.5, 0.6) is 0 Å². The summed E-state index contributed by atoms with van der Waals surface area (Å²) < 4.78 is 0. The molecular weight excluding hydrogens is 298 g/mol. The number of pyridine rings is 1. The van der Waals surface area contributed by atoms with Crippen molar-refractivity contribution in [1.29, 1.82) is 0 Å². The highest BCUT2D eigenvalue weighted by molar-refractivity contribution is 8.00. The van der Waals surface area contributed by atoms with Crippen molar-refractivity contribution < 1.29 is 4.79 Å². The number of aromatic nitrogens is 1. The topological polar surface area (TPSA) is 65.2 Å². The third kappa shape index (κ3) is 4.06. The summed E-state index contributed by atoms with van der Waals surface area (Å²) in [5.41, 5.74) is 2.26. The molecule has 1 aliphatic heterocycles. The number of aryl methyl sites for hydroxylation is 2. The summed E-state index contributed by atoms with van der Waals surface area (Å²) in [5.74, 6) is 1.53. The van der Waals surface area contributed by atoms with Crippen LogP contribution < -0.4 is 10.9 Å². The third-order valence-corrected chi connectivity index (χ3v) is 5.57. The number of nitrogens with one attached hydrogen (secondary N) is 2. The van der Waals surface area contributed by atoms with Gasteiger partial charge in [-0.1, -0.05) is 13.8 Å². The number of H-pyrrole nitrogens is 1. The highest BCUT2D eigenvalue weighted by Crippen LogP contribution is 2.24. The van der Waals surface area contributed by atoms with Crippen LogP contribution >= 0.6 is 11.8 Å². The summed E-state index contributed by atoms with van der Waals surface area (Å²) in [7, 11) is 0. The predicted molar refractivity (Wildman–Crippen MR) is 91.4 cm³/mol. The van der Waals surface area contributed by atoms with Crippen LogP contribution in [0.4, 0.5) is 4.79 Å². The Morgan fingerprint density at radius 3 is 2.86 bits per heavy atom. The first kappa shape index (κ1) is 16.9. The molecule has 0 unspecified atom stereocenters. The highest BCUT2D eigenvalue weighted by atomic mass is 32.2. The minimum Gasteiger partial charge on any atom is -0.334 e. The number of carbonyl (C=O) groups is 1. The van der Waals surface area contributed by atoms with Gasteiger partial charge in [0.15, 0.2) is 0 Å². The van der Waals surface area contributed by atoms with E-state index in [2.05, 4.69) is 24.1 Å². The van der Waals surface area contributed by atoms with Gasteiger partial charge >= 0.3 is 6.03 Å². The monoisotopic (exact) mass is 323 g/mol. The number of carbonyl (C=O) groups excluding carboxylic acids is 1. The molecule has 1 saturated heterocycles. The zero-order chi connectivity index (χ0) is 16.3. The van der Waals surface area contributed by atoms with E-state index in [4.69, 9.17) is 0 Å². The van der Waals surface area contributed by atoms with Crippen LogP contribution in [0.2, 0.25) is 0 Å². The smallest absolute Gasteiger partial charge is 0.317 e. The summed E-state index contributed by atoms with van der Waals surface area (Å²) in [4.78, 5) is 28.9. The quantitative estimate of drug-likeness (QED) is 0.897. The molecule has 0 spiro atoms. The first-order valence-electron chi connectivity index (χ1n) is 7.72. The molecule has 1 aliphatic rings. The van der Waals surface area contributed by atoms with Gasteiger partial charge in [-0.05, 0) is 31.4 Å². The molecule has 2 N–H and O–H groups in total. The van der Waals surface area contributed by atoms with Gasteiger partial charge in [-0.3, -0.25) is 4.79 Å². The van der Waals surface area contributed by atoms with Crippen molar-refractivity contribution in [3.05, 3.63) is 33.2 Å². The van der Waals surface area contributed by atoms with Crippen molar-refractivity contribution in [2.75, 3.05) is 18.8 Å². The van der Waals surface area contributed by atoms with Gasteiger partial charge in [-0.25, -0.2) is 4.79 Å². The lowest BCUT2D eigenvalue weighted by atomic mass is 10.1. The maximum Gasteiger partial charge on any atom is 0.317 e. The van der Waals surface area contributed by atoms with Crippen LogP contribution in [0.1, 0.15) is 30.7 Å². The summed E-state index contributed by atoms with van der Waals surface area (Å²) in [6.07, 6.45) is 0. The summed E-state index contributed by atoms with van der Waals surface area (Å²) in [6.45, 7) is 9.95. The second kappa shape index (κ2) is 7.22. The van der Waals surface area contributed by atoms with Gasteiger partial charge in [0.25, 0.3) is 5.56 Å². The maximum atomic E-state index is 12.3. The van der Waals surface area contributed by atoms with E-state index in [0.29, 0.717) is 16.7 Å². The van der Waals surface area contributed by atoms with E-state index in [9.17, 15) is 9.59 Å². The van der Waals surface area contributed by atoms with Gasteiger partial charge < -0.3 is 15.2 Å². The van der Waals surface area contributed by atoms with Crippen molar-refractivity contribution in [1.82, 2.24) is 15.2 Å². The summed E-state index contributed by atoms with van der Waals surface area (Å²) in [6, 6.07) is 1.85. The van der Waals surface area contributed by atoms with Gasteiger partial charge in [0.1, 0.15) is 0 Å². The standard InChI is InChI=1S/C16H25N3O2S/c1-10(2)14-9-19(5-6-22-14)16(21)17-8-13-11(3)7-12(4)18-15(13)20/h7,10,14H,5-6,8-9H2,1-4H3,(H,17,21)(H,18,20)/t14-/m1/s1. The molecule has 5 nitrogen and oxygen atoms in total. The zero-order valence-electron chi connectivity index (χ0n) is 13.7. The molecule has 0 aromatic carbocycles. The van der Waals surface area contributed by atoms with Gasteiger partial charge in [0, 0.05) is 35.3 Å². The van der Waals surface area contributed by atoms with Crippen LogP contribution in [0.3, 0.4) is 0 Å². The van der Waals surface area contributed by atoms with Crippen molar-refractivity contribution in [3.8, 4) is 0 Å². The maximum absolute atomic E-state index is 12.3. The van der Waals surface area contributed by atoms with Gasteiger partial charge in [0.2, 0.25) is 0 Å². The lowest BCUT2D eigenvalue weighted by Crippen LogP contribution is -2.48. The van der Waals surface area contributed by atoms with Crippen LogP contribution in [0.15, 0.2) is 10.9 Å². The summed E-state index contributed by atoms with van der Waals surface area (Å²) in [5, 5.41) is 3.38. The van der Waals surface area contributed by atoms with E-state index in [1.54, 1.807) is 0 Å². The van der Waals surface area contributed by atoms with Gasteiger partial charge in [-0.15, -0.1) is 0 Å². The van der Waals surface area contributed by atoms with E-state index in [0.717, 1.165) is 30.1 Å². The van der Waals surface area contributed by atoms with E-state index < -0.39 is 0 Å². The number of urea groups is 1. The van der Waals surface area contributed by atoms with Gasteiger partial charge in [-0.2, -0.15) is 11.8 Å². The largest absolute Gasteiger partial charge is 0.334 e. The second-order valence-electron chi connectivity index (χ2n) is 6.20. The zero-order valence-corrected chi connectivity index (χ0v) is 14.5. The average Bonchev–Trinajstić information content (AvgIpc) is 2.46.